The highest BCUT2D eigenvalue weighted by molar-refractivity contribution is 5.88. The molecular weight excluding hydrogens is 1180 g/mol. The predicted octanol–water partition coefficient (Wildman–Crippen LogP) is -13.4. The van der Waals surface area contributed by atoms with Crippen LogP contribution in [0.3, 0.4) is 0 Å². The lowest BCUT2D eigenvalue weighted by Gasteiger charge is -2.50. The zero-order valence-electron chi connectivity index (χ0n) is 45.0. The summed E-state index contributed by atoms with van der Waals surface area (Å²) in [5, 5.41) is 236. The molecule has 0 aliphatic carbocycles. The van der Waals surface area contributed by atoms with Crippen LogP contribution in [-0.4, -0.2) is 374 Å². The molecule has 492 valence electrons. The number of carboxylic acids is 1. The minimum atomic E-state index is -2.24. The number of hydrogen-bond acceptors (Lipinski definition) is 36. The van der Waals surface area contributed by atoms with Crippen molar-refractivity contribution in [3.05, 3.63) is 29.8 Å². The van der Waals surface area contributed by atoms with Crippen LogP contribution < -0.4 is 5.32 Å². The average molecular weight is 1250 g/mol. The van der Waals surface area contributed by atoms with Gasteiger partial charge in [-0.1, -0.05) is 0 Å². The average Bonchev–Trinajstić information content (AvgIpc) is 2.53. The summed E-state index contributed by atoms with van der Waals surface area (Å²) >= 11 is 0. The molecule has 0 unspecified atom stereocenters. The Morgan fingerprint density at radius 1 is 0.291 bits per heavy atom. The van der Waals surface area contributed by atoms with Crippen LogP contribution in [-0.2, 0) is 66.3 Å². The summed E-state index contributed by atoms with van der Waals surface area (Å²) in [6, 6.07) is 5.16. The fourth-order valence-corrected chi connectivity index (χ4v) is 11.4. The molecule has 22 rings (SSSR count). The van der Waals surface area contributed by atoms with Gasteiger partial charge in [-0.3, -0.25) is 0 Å². The summed E-state index contributed by atoms with van der Waals surface area (Å²) in [7, 11) is 0. The number of aliphatic hydroxyl groups excluding tert-OH is 20. The van der Waals surface area contributed by atoms with Crippen LogP contribution in [0.25, 0.3) is 0 Å². The summed E-state index contributed by atoms with van der Waals surface area (Å²) in [6.45, 7) is -6.83. The van der Waals surface area contributed by atoms with E-state index in [0.29, 0.717) is 0 Å². The van der Waals surface area contributed by atoms with Crippen LogP contribution in [0.5, 0.6) is 0 Å². The standard InChI is InChI=1S/C49H75NO36/c51-6-15-36-23(59)30(66)45(75-15)83-38-17(8-53)77-47(32(68)25(38)61)85-40-19(10-55)79-49(34(70)27(40)63)86-41-20(11-56)78-48(33(69)26(41)62)84-39-18(9-54)76-46(31(67)24(39)60)82-37-16(7-52)74-44(29(65)22(37)58)80-35-14(73-43(81-36)28(64)21(35)57)5-50-13-3-1-12(2-4-13)42(71)72/h1-4,14-41,43-70H,5-11H2,(H,71,72)/t14-,15-,16-,17-,18-,19-,20-,21-,22-,23-,24-,25-,26-,27-,28-,29-,30-,31-,32-,33-,34-,35-,36-,37-,38-,39-,40-,41-,43-,44-,45-,46-,47-,48-,49-/m1/s1. The van der Waals surface area contributed by atoms with Gasteiger partial charge in [0.2, 0.25) is 0 Å². The van der Waals surface area contributed by atoms with Crippen LogP contribution >= 0.6 is 0 Å². The molecule has 0 saturated carbocycles. The molecule has 21 fully saturated rings. The number of anilines is 1. The van der Waals surface area contributed by atoms with Gasteiger partial charge in [-0.05, 0) is 24.3 Å². The summed E-state index contributed by atoms with van der Waals surface area (Å²) in [5.41, 5.74) is 0.135. The molecule has 0 radical (unpaired) electrons. The second kappa shape index (κ2) is 28.7. The maximum atomic E-state index is 11.8. The first-order chi connectivity index (χ1) is 41.0. The fourth-order valence-electron chi connectivity index (χ4n) is 11.4. The lowest BCUT2D eigenvalue weighted by atomic mass is 9.95. The van der Waals surface area contributed by atoms with Gasteiger partial charge in [-0.25, -0.2) is 4.79 Å². The lowest BCUT2D eigenvalue weighted by Crippen LogP contribution is -2.68. The van der Waals surface area contributed by atoms with Crippen LogP contribution in [0.1, 0.15) is 10.4 Å². The van der Waals surface area contributed by atoms with Gasteiger partial charge in [0.15, 0.2) is 44.0 Å². The van der Waals surface area contributed by atoms with Crippen molar-refractivity contribution in [2.24, 2.45) is 0 Å². The molecule has 21 aliphatic heterocycles. The van der Waals surface area contributed by atoms with Crippen molar-refractivity contribution in [1.29, 1.82) is 0 Å². The molecule has 21 aliphatic rings. The molecule has 0 amide bonds. The third-order valence-electron chi connectivity index (χ3n) is 16.2. The third kappa shape index (κ3) is 13.5. The predicted molar refractivity (Wildman–Crippen MR) is 263 cm³/mol. The quantitative estimate of drug-likeness (QED) is 0.103. The van der Waals surface area contributed by atoms with Crippen molar-refractivity contribution in [3.8, 4) is 0 Å². The molecule has 21 heterocycles. The number of benzene rings is 1. The Balaban J connectivity index is 1.02. The minimum absolute atomic E-state index is 0.106. The first-order valence-corrected chi connectivity index (χ1v) is 27.4. The Labute approximate surface area is 485 Å². The molecule has 86 heavy (non-hydrogen) atoms. The molecule has 1 aromatic rings. The van der Waals surface area contributed by atoms with Crippen molar-refractivity contribution in [3.63, 3.8) is 0 Å². The smallest absolute Gasteiger partial charge is 0.335 e. The Kier molecular flexibility index (Phi) is 22.6. The molecule has 22 N–H and O–H groups in total. The number of carbonyl (C=O) groups is 1. The molecule has 35 atom stereocenters. The first-order valence-electron chi connectivity index (χ1n) is 27.4. The summed E-state index contributed by atoms with van der Waals surface area (Å²) in [4.78, 5) is 11.6. The maximum absolute atomic E-state index is 11.8. The number of hydrogen-bond donors (Lipinski definition) is 22. The first kappa shape index (κ1) is 67.5. The van der Waals surface area contributed by atoms with Gasteiger partial charge in [-0.15, -0.1) is 0 Å². The highest BCUT2D eigenvalue weighted by Crippen LogP contribution is 2.39. The fraction of sp³-hybridized carbons (Fsp3) is 0.857. The molecule has 0 spiro atoms. The van der Waals surface area contributed by atoms with E-state index in [1.165, 1.54) is 24.3 Å². The zero-order chi connectivity index (χ0) is 62.3. The number of aliphatic hydroxyl groups is 20. The normalized spacial score (nSPS) is 50.7. The van der Waals surface area contributed by atoms with E-state index in [1.54, 1.807) is 0 Å². The van der Waals surface area contributed by atoms with E-state index < -0.39 is 267 Å². The highest BCUT2D eigenvalue weighted by atomic mass is 16.8. The van der Waals surface area contributed by atoms with Crippen molar-refractivity contribution in [1.82, 2.24) is 0 Å². The topological polar surface area (TPSA) is 583 Å². The van der Waals surface area contributed by atoms with Crippen LogP contribution in [0.15, 0.2) is 24.3 Å². The Morgan fingerprint density at radius 3 is 0.663 bits per heavy atom. The second-order valence-corrected chi connectivity index (χ2v) is 21.7. The van der Waals surface area contributed by atoms with E-state index in [0.717, 1.165) is 0 Å². The number of aromatic carboxylic acids is 1. The number of carboxylic acid groups (broad SMARTS) is 1. The van der Waals surface area contributed by atoms with Gasteiger partial charge in [0.1, 0.15) is 171 Å². The van der Waals surface area contributed by atoms with E-state index in [9.17, 15) is 112 Å². The van der Waals surface area contributed by atoms with Crippen molar-refractivity contribution >= 4 is 11.7 Å². The maximum Gasteiger partial charge on any atom is 0.335 e. The summed E-state index contributed by atoms with van der Waals surface area (Å²) < 4.78 is 81.0. The van der Waals surface area contributed by atoms with E-state index in [2.05, 4.69) is 5.32 Å². The van der Waals surface area contributed by atoms with Crippen LogP contribution in [0, 0.1) is 0 Å². The molecule has 21 saturated heterocycles. The SMILES string of the molecule is O=C(O)c1ccc(NC[C@H]2O[C@@H]3O[C@H]4[C@H](O)[C@@H](O)[C@@H](O[C@H]5[C@H](O)[C@@H](O)[C@@H](O[C@H]6[C@H](O)[C@@H](O)[C@@H](O[C@H]7[C@H](O)[C@@H](O)[C@@H](O[C@H]8[C@H](O)[C@@H](O)[C@@H](O[C@H]9[C@H](O)[C@@H](O)[C@@H](O[C@H]2[C@H](O)[C@H]3O)O[C@@H]9CO)O[C@@H]8CO)O[C@@H]7CO)O[C@@H]6CO)O[C@@H]5CO)O[C@@H]4CO)cc1. The van der Waals surface area contributed by atoms with E-state index in [4.69, 9.17) is 66.3 Å². The molecule has 37 nitrogen and oxygen atoms in total. The van der Waals surface area contributed by atoms with Crippen molar-refractivity contribution in [2.45, 2.75) is 215 Å². The Hall–Kier alpha value is -2.87. The molecule has 1 aromatic carbocycles. The highest BCUT2D eigenvalue weighted by Gasteiger charge is 2.59. The summed E-state index contributed by atoms with van der Waals surface area (Å²) in [6.07, 6.45) is -70.8. The zero-order valence-corrected chi connectivity index (χ0v) is 45.0. The van der Waals surface area contributed by atoms with Gasteiger partial charge in [-0.2, -0.15) is 0 Å². The lowest BCUT2D eigenvalue weighted by molar-refractivity contribution is -0.396. The molecular formula is C49H75NO36. The number of nitrogens with one attached hydrogen (secondary N) is 1. The number of rotatable bonds is 10. The van der Waals surface area contributed by atoms with Gasteiger partial charge in [0.25, 0.3) is 0 Å². The third-order valence-corrected chi connectivity index (χ3v) is 16.2. The largest absolute Gasteiger partial charge is 0.478 e. The van der Waals surface area contributed by atoms with Gasteiger partial charge >= 0.3 is 5.97 Å². The Morgan fingerprint density at radius 2 is 0.477 bits per heavy atom. The van der Waals surface area contributed by atoms with Crippen molar-refractivity contribution < 1.29 is 178 Å². The van der Waals surface area contributed by atoms with Gasteiger partial charge in [0, 0.05) is 12.2 Å². The van der Waals surface area contributed by atoms with Gasteiger partial charge < -0.3 is 179 Å². The second-order valence-electron chi connectivity index (χ2n) is 21.7. The molecule has 37 heteroatoms. The monoisotopic (exact) mass is 1250 g/mol. The Bertz CT molecular complexity index is 2290. The van der Waals surface area contributed by atoms with Crippen LogP contribution in [0.4, 0.5) is 5.69 Å². The molecule has 14 bridgehead atoms. The van der Waals surface area contributed by atoms with Crippen molar-refractivity contribution in [2.75, 3.05) is 51.5 Å². The van der Waals surface area contributed by atoms with Crippen LogP contribution in [0.2, 0.25) is 0 Å². The number of ether oxygens (including phenoxy) is 14. The molecule has 0 aromatic heterocycles. The minimum Gasteiger partial charge on any atom is -0.478 e. The van der Waals surface area contributed by atoms with E-state index >= 15 is 0 Å². The van der Waals surface area contributed by atoms with E-state index in [-0.39, 0.29) is 11.3 Å². The summed E-state index contributed by atoms with van der Waals surface area (Å²) in [5.74, 6) is -1.26. The van der Waals surface area contributed by atoms with E-state index in [1.807, 2.05) is 0 Å². The van der Waals surface area contributed by atoms with Gasteiger partial charge in [0.05, 0.1) is 45.2 Å².